The van der Waals surface area contributed by atoms with E-state index in [0.717, 1.165) is 19.4 Å². The molecule has 0 saturated heterocycles. The van der Waals surface area contributed by atoms with Crippen LogP contribution < -0.4 is 5.32 Å². The van der Waals surface area contributed by atoms with E-state index < -0.39 is 5.92 Å². The van der Waals surface area contributed by atoms with Crippen LogP contribution in [0, 0.1) is 0 Å². The lowest BCUT2D eigenvalue weighted by Crippen LogP contribution is -2.23. The van der Waals surface area contributed by atoms with Gasteiger partial charge in [-0.25, -0.2) is 8.78 Å². The van der Waals surface area contributed by atoms with E-state index in [0.29, 0.717) is 13.0 Å². The molecule has 1 atom stereocenters. The van der Waals surface area contributed by atoms with Crippen LogP contribution in [0.5, 0.6) is 0 Å². The Balaban J connectivity index is 3.95. The molecule has 2 nitrogen and oxygen atoms in total. The molecule has 0 aromatic rings. The molecule has 0 aliphatic carbocycles. The van der Waals surface area contributed by atoms with Crippen molar-refractivity contribution in [1.29, 1.82) is 0 Å². The number of nitrogens with one attached hydrogen (secondary N) is 1. The van der Waals surface area contributed by atoms with Gasteiger partial charge in [-0.05, 0) is 26.3 Å². The lowest BCUT2D eigenvalue weighted by Gasteiger charge is -2.20. The van der Waals surface area contributed by atoms with Gasteiger partial charge in [-0.2, -0.15) is 0 Å². The molecule has 0 radical (unpaired) electrons. The molecule has 0 aliphatic rings. The Bertz CT molecular complexity index is 198. The first-order valence-corrected chi connectivity index (χ1v) is 6.30. The van der Waals surface area contributed by atoms with Gasteiger partial charge >= 0.3 is 0 Å². The maximum absolute atomic E-state index is 13.1. The van der Waals surface area contributed by atoms with Crippen LogP contribution in [0.1, 0.15) is 39.0 Å². The van der Waals surface area contributed by atoms with Gasteiger partial charge in [0.1, 0.15) is 0 Å². The smallest absolute Gasteiger partial charge is 0.248 e. The third kappa shape index (κ3) is 9.24. The number of rotatable bonds is 11. The second kappa shape index (κ2) is 9.54. The van der Waals surface area contributed by atoms with E-state index in [1.807, 2.05) is 7.05 Å². The van der Waals surface area contributed by atoms with Crippen LogP contribution in [0.2, 0.25) is 0 Å². The maximum atomic E-state index is 13.1. The van der Waals surface area contributed by atoms with Crippen molar-refractivity contribution in [2.45, 2.75) is 51.1 Å². The van der Waals surface area contributed by atoms with Crippen molar-refractivity contribution in [2.75, 3.05) is 20.2 Å². The minimum absolute atomic E-state index is 0.0845. The predicted octanol–water partition coefficient (Wildman–Crippen LogP) is 3.38. The normalized spacial score (nSPS) is 13.6. The Morgan fingerprint density at radius 3 is 2.65 bits per heavy atom. The van der Waals surface area contributed by atoms with Crippen LogP contribution in [0.15, 0.2) is 12.7 Å². The van der Waals surface area contributed by atoms with Gasteiger partial charge in [-0.15, -0.1) is 6.58 Å². The lowest BCUT2D eigenvalue weighted by atomic mass is 10.0. The monoisotopic (exact) mass is 249 g/mol. The molecule has 0 bridgehead atoms. The zero-order valence-corrected chi connectivity index (χ0v) is 11.0. The fourth-order valence-electron chi connectivity index (χ4n) is 1.49. The number of likely N-dealkylation sites (N-methyl/N-ethyl adjacent to an activating group) is 1. The van der Waals surface area contributed by atoms with Crippen LogP contribution in [0.4, 0.5) is 8.78 Å². The molecule has 0 spiro atoms. The number of hydrogen-bond donors (Lipinski definition) is 1. The highest BCUT2D eigenvalue weighted by Gasteiger charge is 2.27. The predicted molar refractivity (Wildman–Crippen MR) is 67.6 cm³/mol. The van der Waals surface area contributed by atoms with Crippen molar-refractivity contribution in [3.05, 3.63) is 12.7 Å². The summed E-state index contributed by atoms with van der Waals surface area (Å²) in [5.41, 5.74) is 0. The fourth-order valence-corrected chi connectivity index (χ4v) is 1.49. The Kier molecular flexibility index (Phi) is 9.27. The molecule has 102 valence electrons. The molecule has 0 aromatic carbocycles. The first-order valence-electron chi connectivity index (χ1n) is 6.30. The third-order valence-corrected chi connectivity index (χ3v) is 2.75. The second-order valence-corrected chi connectivity index (χ2v) is 4.21. The second-order valence-electron chi connectivity index (χ2n) is 4.21. The molecule has 0 amide bonds. The molecular weight excluding hydrogens is 224 g/mol. The van der Waals surface area contributed by atoms with Gasteiger partial charge in [0.25, 0.3) is 0 Å². The zero-order chi connectivity index (χ0) is 13.1. The summed E-state index contributed by atoms with van der Waals surface area (Å²) in [6.45, 7) is 6.46. The van der Waals surface area contributed by atoms with Crippen molar-refractivity contribution in [1.82, 2.24) is 5.32 Å². The quantitative estimate of drug-likeness (QED) is 0.448. The van der Waals surface area contributed by atoms with Gasteiger partial charge in [-0.3, -0.25) is 0 Å². The minimum atomic E-state index is -2.56. The molecule has 4 heteroatoms. The minimum Gasteiger partial charge on any atom is -0.377 e. The number of allylic oxidation sites excluding steroid dienone is 1. The highest BCUT2D eigenvalue weighted by atomic mass is 19.3. The summed E-state index contributed by atoms with van der Waals surface area (Å²) in [7, 11) is 1.84. The van der Waals surface area contributed by atoms with Gasteiger partial charge in [-0.1, -0.05) is 13.0 Å². The highest BCUT2D eigenvalue weighted by Crippen LogP contribution is 2.26. The Morgan fingerprint density at radius 2 is 2.12 bits per heavy atom. The Hall–Kier alpha value is -0.480. The largest absolute Gasteiger partial charge is 0.377 e. The van der Waals surface area contributed by atoms with Gasteiger partial charge in [0, 0.05) is 19.4 Å². The summed E-state index contributed by atoms with van der Waals surface area (Å²) < 4.78 is 31.9. The van der Waals surface area contributed by atoms with Gasteiger partial charge in [0.2, 0.25) is 5.92 Å². The van der Waals surface area contributed by atoms with E-state index in [2.05, 4.69) is 11.9 Å². The van der Waals surface area contributed by atoms with Gasteiger partial charge in [0.05, 0.1) is 12.7 Å². The summed E-state index contributed by atoms with van der Waals surface area (Å²) in [5, 5.41) is 2.97. The number of halogens is 2. The van der Waals surface area contributed by atoms with Crippen molar-refractivity contribution in [3.8, 4) is 0 Å². The molecule has 0 fully saturated rings. The maximum Gasteiger partial charge on any atom is 0.248 e. The topological polar surface area (TPSA) is 21.3 Å². The average Bonchev–Trinajstić information content (AvgIpc) is 2.32. The molecule has 0 saturated carbocycles. The van der Waals surface area contributed by atoms with Crippen molar-refractivity contribution >= 4 is 0 Å². The van der Waals surface area contributed by atoms with Crippen molar-refractivity contribution in [3.63, 3.8) is 0 Å². The van der Waals surface area contributed by atoms with E-state index in [1.54, 1.807) is 6.08 Å². The molecule has 0 heterocycles. The summed E-state index contributed by atoms with van der Waals surface area (Å²) in [4.78, 5) is 0. The summed E-state index contributed by atoms with van der Waals surface area (Å²) in [6, 6.07) is 0. The highest BCUT2D eigenvalue weighted by molar-refractivity contribution is 4.73. The Labute approximate surface area is 103 Å². The van der Waals surface area contributed by atoms with E-state index in [1.165, 1.54) is 6.92 Å². The molecule has 17 heavy (non-hydrogen) atoms. The fraction of sp³-hybridized carbons (Fsp3) is 0.846. The van der Waals surface area contributed by atoms with Crippen LogP contribution in [0.3, 0.4) is 0 Å². The zero-order valence-electron chi connectivity index (χ0n) is 11.0. The molecule has 0 aromatic heterocycles. The number of ether oxygens (including phenoxy) is 1. The van der Waals surface area contributed by atoms with Crippen LogP contribution in [-0.4, -0.2) is 32.2 Å². The van der Waals surface area contributed by atoms with Crippen molar-refractivity contribution < 1.29 is 13.5 Å². The van der Waals surface area contributed by atoms with Crippen molar-refractivity contribution in [2.24, 2.45) is 0 Å². The average molecular weight is 249 g/mol. The van der Waals surface area contributed by atoms with E-state index >= 15 is 0 Å². The first kappa shape index (κ1) is 16.5. The summed E-state index contributed by atoms with van der Waals surface area (Å²) >= 11 is 0. The van der Waals surface area contributed by atoms with Crippen LogP contribution >= 0.6 is 0 Å². The molecular formula is C13H25F2NO. The molecule has 0 aliphatic heterocycles. The summed E-state index contributed by atoms with van der Waals surface area (Å²) in [5.74, 6) is -2.56. The lowest BCUT2D eigenvalue weighted by molar-refractivity contribution is -0.0352. The van der Waals surface area contributed by atoms with Gasteiger partial charge in [0.15, 0.2) is 0 Å². The number of hydrogen-bond acceptors (Lipinski definition) is 2. The van der Waals surface area contributed by atoms with Crippen LogP contribution in [0.25, 0.3) is 0 Å². The standard InChI is InChI=1S/C13H25F2NO/c1-4-6-7-12(17-11-10-16-3)8-9-13(14,15)5-2/h4,12,16H,1,5-11H2,2-3H3. The third-order valence-electron chi connectivity index (χ3n) is 2.75. The SMILES string of the molecule is C=CCCC(CCC(F)(F)CC)OCCNC. The van der Waals surface area contributed by atoms with E-state index in [9.17, 15) is 8.78 Å². The van der Waals surface area contributed by atoms with E-state index in [4.69, 9.17) is 4.74 Å². The number of alkyl halides is 2. The molecule has 1 N–H and O–H groups in total. The molecule has 0 rings (SSSR count). The molecule has 1 unspecified atom stereocenters. The first-order chi connectivity index (χ1) is 8.05. The van der Waals surface area contributed by atoms with Crippen LogP contribution in [-0.2, 0) is 4.74 Å². The Morgan fingerprint density at radius 1 is 1.41 bits per heavy atom. The van der Waals surface area contributed by atoms with E-state index in [-0.39, 0.29) is 18.9 Å². The van der Waals surface area contributed by atoms with Gasteiger partial charge < -0.3 is 10.1 Å². The summed E-state index contributed by atoms with van der Waals surface area (Å²) in [6.07, 6.45) is 3.52.